The molecule has 0 N–H and O–H groups in total. The summed E-state index contributed by atoms with van der Waals surface area (Å²) < 4.78 is 0. The van der Waals surface area contributed by atoms with Crippen molar-refractivity contribution in [3.8, 4) is 0 Å². The van der Waals surface area contributed by atoms with Crippen molar-refractivity contribution in [3.63, 3.8) is 0 Å². The molecule has 0 aromatic carbocycles. The first kappa shape index (κ1) is 22.2. The number of hydrogen-bond acceptors (Lipinski definition) is 2. The van der Waals surface area contributed by atoms with Crippen molar-refractivity contribution in [2.75, 3.05) is 0 Å². The minimum atomic E-state index is 0.790. The van der Waals surface area contributed by atoms with E-state index >= 15 is 0 Å². The predicted molar refractivity (Wildman–Crippen MR) is 117 cm³/mol. The molecule has 24 heavy (non-hydrogen) atoms. The van der Waals surface area contributed by atoms with Crippen LogP contribution in [-0.2, 0) is 0 Å². The molecule has 2 rings (SSSR count). The van der Waals surface area contributed by atoms with E-state index in [1.165, 1.54) is 36.8 Å². The van der Waals surface area contributed by atoms with E-state index in [1.54, 1.807) is 0 Å². The van der Waals surface area contributed by atoms with Gasteiger partial charge in [-0.3, -0.25) is 0 Å². The molecule has 2 heteroatoms. The van der Waals surface area contributed by atoms with Crippen LogP contribution in [0.15, 0.2) is 23.3 Å². The Morgan fingerprint density at radius 2 is 1.00 bits per heavy atom. The second-order valence-corrected chi connectivity index (χ2v) is 10.7. The first-order valence-electron chi connectivity index (χ1n) is 10.1. The summed E-state index contributed by atoms with van der Waals surface area (Å²) in [5.74, 6) is 1.58. The highest BCUT2D eigenvalue weighted by atomic mass is 32.2. The third-order valence-corrected chi connectivity index (χ3v) is 9.74. The molecule has 6 atom stereocenters. The monoisotopic (exact) mass is 368 g/mol. The highest BCUT2D eigenvalue weighted by molar-refractivity contribution is 8.07. The lowest BCUT2D eigenvalue weighted by Gasteiger charge is -2.37. The Morgan fingerprint density at radius 3 is 1.25 bits per heavy atom. The third kappa shape index (κ3) is 6.16. The van der Waals surface area contributed by atoms with Crippen molar-refractivity contribution in [3.05, 3.63) is 23.3 Å². The normalized spacial score (nSPS) is 36.3. The van der Waals surface area contributed by atoms with E-state index in [1.807, 2.05) is 0 Å². The van der Waals surface area contributed by atoms with E-state index in [0.29, 0.717) is 0 Å². The molecule has 1 aliphatic heterocycles. The van der Waals surface area contributed by atoms with Crippen LogP contribution in [0.1, 0.15) is 81.1 Å². The molecule has 0 radical (unpaired) electrons. The molecule has 1 aliphatic carbocycles. The van der Waals surface area contributed by atoms with Gasteiger partial charge in [-0.2, -0.15) is 23.5 Å². The van der Waals surface area contributed by atoms with Crippen LogP contribution in [-0.4, -0.2) is 21.0 Å². The van der Waals surface area contributed by atoms with Crippen molar-refractivity contribution in [2.45, 2.75) is 102 Å². The molecule has 140 valence electrons. The first-order chi connectivity index (χ1) is 11.4. The topological polar surface area (TPSA) is 0 Å². The van der Waals surface area contributed by atoms with Gasteiger partial charge in [0.2, 0.25) is 0 Å². The van der Waals surface area contributed by atoms with Crippen molar-refractivity contribution in [1.82, 2.24) is 0 Å². The summed E-state index contributed by atoms with van der Waals surface area (Å²) in [5, 5.41) is 3.52. The van der Waals surface area contributed by atoms with Crippen LogP contribution in [0, 0.1) is 11.8 Å². The minimum Gasteiger partial charge on any atom is -0.153 e. The molecule has 0 nitrogen and oxygen atoms in total. The second kappa shape index (κ2) is 11.0. The lowest BCUT2D eigenvalue weighted by Crippen LogP contribution is -2.32. The summed E-state index contributed by atoms with van der Waals surface area (Å²) in [5.41, 5.74) is 2.96. The average molecular weight is 369 g/mol. The molecular weight excluding hydrogens is 328 g/mol. The SMILES string of the molecule is CC[C@@H]1SC(C)C(C)S[C@@H]1CC.CC[C@H]1C=C(C)C(C)=C[C@H]1CC. The molecule has 0 saturated carbocycles. The fraction of sp³-hybridized carbons (Fsp3) is 0.818. The first-order valence-corrected chi connectivity index (χ1v) is 11.9. The van der Waals surface area contributed by atoms with E-state index in [9.17, 15) is 0 Å². The Balaban J connectivity index is 0.000000240. The summed E-state index contributed by atoms with van der Waals surface area (Å²) in [6.45, 7) is 18.4. The molecule has 0 aromatic rings. The van der Waals surface area contributed by atoms with Gasteiger partial charge in [0.05, 0.1) is 0 Å². The molecule has 1 saturated heterocycles. The number of thioether (sulfide) groups is 2. The zero-order valence-corrected chi connectivity index (χ0v) is 18.9. The second-order valence-electron chi connectivity index (χ2n) is 7.42. The van der Waals surface area contributed by atoms with Crippen LogP contribution in [0.2, 0.25) is 0 Å². The van der Waals surface area contributed by atoms with E-state index in [4.69, 9.17) is 0 Å². The van der Waals surface area contributed by atoms with Gasteiger partial charge in [0.15, 0.2) is 0 Å². The summed E-state index contributed by atoms with van der Waals surface area (Å²) in [6.07, 6.45) is 10.1. The lowest BCUT2D eigenvalue weighted by atomic mass is 9.80. The van der Waals surface area contributed by atoms with Crippen LogP contribution in [0.5, 0.6) is 0 Å². The Hall–Kier alpha value is 0.180. The van der Waals surface area contributed by atoms with Crippen LogP contribution in [0.4, 0.5) is 0 Å². The zero-order valence-electron chi connectivity index (χ0n) is 17.3. The van der Waals surface area contributed by atoms with Gasteiger partial charge >= 0.3 is 0 Å². The number of hydrogen-bond donors (Lipinski definition) is 0. The average Bonchev–Trinajstić information content (AvgIpc) is 2.59. The van der Waals surface area contributed by atoms with Gasteiger partial charge in [0, 0.05) is 21.0 Å². The Labute approximate surface area is 160 Å². The van der Waals surface area contributed by atoms with E-state index in [0.717, 1.165) is 32.8 Å². The van der Waals surface area contributed by atoms with E-state index in [2.05, 4.69) is 91.1 Å². The third-order valence-electron chi connectivity index (χ3n) is 5.70. The molecule has 2 unspecified atom stereocenters. The zero-order chi connectivity index (χ0) is 18.3. The quantitative estimate of drug-likeness (QED) is 0.497. The molecule has 1 fully saturated rings. The Kier molecular flexibility index (Phi) is 10.2. The van der Waals surface area contributed by atoms with E-state index < -0.39 is 0 Å². The summed E-state index contributed by atoms with van der Waals surface area (Å²) in [7, 11) is 0. The fourth-order valence-corrected chi connectivity index (χ4v) is 7.10. The van der Waals surface area contributed by atoms with Gasteiger partial charge in [0.25, 0.3) is 0 Å². The lowest BCUT2D eigenvalue weighted by molar-refractivity contribution is 0.439. The van der Waals surface area contributed by atoms with Crippen molar-refractivity contribution in [2.24, 2.45) is 11.8 Å². The minimum absolute atomic E-state index is 0.790. The van der Waals surface area contributed by atoms with Crippen molar-refractivity contribution >= 4 is 23.5 Å². The molecular formula is C22H40S2. The fourth-order valence-electron chi connectivity index (χ4n) is 3.66. The number of rotatable bonds is 4. The molecule has 1 heterocycles. The van der Waals surface area contributed by atoms with Gasteiger partial charge in [-0.05, 0) is 51.4 Å². The van der Waals surface area contributed by atoms with Crippen LogP contribution >= 0.6 is 23.5 Å². The van der Waals surface area contributed by atoms with Gasteiger partial charge in [0.1, 0.15) is 0 Å². The summed E-state index contributed by atoms with van der Waals surface area (Å²) >= 11 is 4.41. The summed E-state index contributed by atoms with van der Waals surface area (Å²) in [6, 6.07) is 0. The van der Waals surface area contributed by atoms with Crippen molar-refractivity contribution in [1.29, 1.82) is 0 Å². The molecule has 0 bridgehead atoms. The van der Waals surface area contributed by atoms with Crippen molar-refractivity contribution < 1.29 is 0 Å². The summed E-state index contributed by atoms with van der Waals surface area (Å²) in [4.78, 5) is 0. The maximum absolute atomic E-state index is 2.45. The Bertz CT molecular complexity index is 384. The van der Waals surface area contributed by atoms with E-state index in [-0.39, 0.29) is 0 Å². The van der Waals surface area contributed by atoms with Gasteiger partial charge < -0.3 is 0 Å². The maximum atomic E-state index is 2.45. The Morgan fingerprint density at radius 1 is 0.667 bits per heavy atom. The maximum Gasteiger partial charge on any atom is 0.0166 e. The smallest absolute Gasteiger partial charge is 0.0166 e. The molecule has 2 aliphatic rings. The standard InChI is InChI=1S/C12H20.C10H20S2/c1-5-11-7-9(3)10(4)8-12(11)6-2;1-5-9-10(6-2)12-8(4)7(3)11-9/h7-8,11-12H,5-6H2,1-4H3;7-10H,5-6H2,1-4H3/t11-,12+;7?,8?,9-,10+. The number of allylic oxidation sites excluding steroid dienone is 4. The predicted octanol–water partition coefficient (Wildman–Crippen LogP) is 7.75. The highest BCUT2D eigenvalue weighted by Gasteiger charge is 2.31. The molecule has 0 amide bonds. The van der Waals surface area contributed by atoms with Gasteiger partial charge in [-0.1, -0.05) is 64.8 Å². The molecule has 0 aromatic heterocycles. The van der Waals surface area contributed by atoms with Crippen LogP contribution < -0.4 is 0 Å². The largest absolute Gasteiger partial charge is 0.153 e. The van der Waals surface area contributed by atoms with Gasteiger partial charge in [-0.25, -0.2) is 0 Å². The van der Waals surface area contributed by atoms with Crippen LogP contribution in [0.25, 0.3) is 0 Å². The van der Waals surface area contributed by atoms with Crippen LogP contribution in [0.3, 0.4) is 0 Å². The highest BCUT2D eigenvalue weighted by Crippen LogP contribution is 2.43. The van der Waals surface area contributed by atoms with Gasteiger partial charge in [-0.15, -0.1) is 0 Å². The molecule has 0 spiro atoms.